The Balaban J connectivity index is 0.540. The third-order valence-electron chi connectivity index (χ3n) is 15.7. The van der Waals surface area contributed by atoms with Crippen molar-refractivity contribution in [3.63, 3.8) is 0 Å². The number of ether oxygens (including phenoxy) is 4. The van der Waals surface area contributed by atoms with E-state index < -0.39 is 35.6 Å². The zero-order chi connectivity index (χ0) is 67.0. The van der Waals surface area contributed by atoms with Crippen LogP contribution in [0, 0.1) is 29.9 Å². The molecule has 6 aromatic heterocycles. The molecule has 33 heteroatoms. The van der Waals surface area contributed by atoms with Gasteiger partial charge in [-0.05, 0) is 62.7 Å². The number of aryl methyl sites for hydroxylation is 1. The van der Waals surface area contributed by atoms with Crippen LogP contribution in [0.1, 0.15) is 64.4 Å². The number of nitrogens with one attached hydrogen (secondary N) is 3. The third-order valence-corrected chi connectivity index (χ3v) is 16.1. The van der Waals surface area contributed by atoms with E-state index >= 15 is 4.39 Å². The van der Waals surface area contributed by atoms with Crippen molar-refractivity contribution in [2.24, 2.45) is 0 Å². The SMILES string of the molecule is Cc1nc2cc(F)c(-c3cnc(N4CCN(C(=O)COCCn5cc(COCCOCCOCCN6CCN(C(=O)CC[C@H](NC(=O)c7ccc(NCc8cnc9nc(N)nc(O)c9n8)cc7)C(=O)O)CC6)nn5)CC4)nc3)nc2c(N[C@H](C)c2cc(C#N)ccc2F)c1Cl. The first-order valence-electron chi connectivity index (χ1n) is 30.5. The number of piperazine rings is 2. The number of aromatic hydroxyl groups is 1. The van der Waals surface area contributed by atoms with Gasteiger partial charge in [0.1, 0.15) is 35.4 Å². The molecule has 498 valence electrons. The van der Waals surface area contributed by atoms with Crippen LogP contribution in [-0.2, 0) is 53.0 Å². The molecule has 2 atom stereocenters. The van der Waals surface area contributed by atoms with Crippen LogP contribution < -0.4 is 26.6 Å². The van der Waals surface area contributed by atoms with Crippen LogP contribution in [0.5, 0.6) is 5.88 Å². The number of carboxylic acids is 1. The van der Waals surface area contributed by atoms with Crippen LogP contribution in [-0.4, -0.2) is 215 Å². The zero-order valence-electron chi connectivity index (χ0n) is 52.0. The number of nitrogen functional groups attached to an aromatic ring is 1. The number of halogens is 3. The summed E-state index contributed by atoms with van der Waals surface area (Å²) < 4.78 is 55.0. The molecule has 95 heavy (non-hydrogen) atoms. The number of amides is 3. The van der Waals surface area contributed by atoms with Gasteiger partial charge in [0.15, 0.2) is 17.0 Å². The van der Waals surface area contributed by atoms with E-state index in [0.29, 0.717) is 138 Å². The molecule has 2 saturated heterocycles. The van der Waals surface area contributed by atoms with Crippen LogP contribution in [0.4, 0.5) is 32.1 Å². The van der Waals surface area contributed by atoms with Gasteiger partial charge in [-0.1, -0.05) is 16.8 Å². The van der Waals surface area contributed by atoms with Gasteiger partial charge in [-0.2, -0.15) is 15.2 Å². The summed E-state index contributed by atoms with van der Waals surface area (Å²) in [6.07, 6.45) is 6.04. The summed E-state index contributed by atoms with van der Waals surface area (Å²) in [6.45, 7) is 10.9. The number of hydrogen-bond donors (Lipinski definition) is 6. The van der Waals surface area contributed by atoms with E-state index in [4.69, 9.17) is 36.3 Å². The van der Waals surface area contributed by atoms with Crippen molar-refractivity contribution in [1.82, 2.24) is 74.9 Å². The Bertz CT molecular complexity index is 4060. The van der Waals surface area contributed by atoms with E-state index in [1.54, 1.807) is 46.7 Å². The number of pyridine rings is 2. The molecule has 0 aliphatic carbocycles. The number of carboxylic acid groups (broad SMARTS) is 1. The Morgan fingerprint density at radius 1 is 0.779 bits per heavy atom. The fourth-order valence-corrected chi connectivity index (χ4v) is 10.6. The average Bonchev–Trinajstić information content (AvgIpc) is 1.08. The van der Waals surface area contributed by atoms with Gasteiger partial charge in [0.05, 0.1) is 117 Å². The number of carbonyl (C=O) groups excluding carboxylic acids is 3. The van der Waals surface area contributed by atoms with Crippen LogP contribution in [0.3, 0.4) is 0 Å². The second-order valence-electron chi connectivity index (χ2n) is 22.2. The summed E-state index contributed by atoms with van der Waals surface area (Å²) >= 11 is 6.72. The lowest BCUT2D eigenvalue weighted by Crippen LogP contribution is -2.50. The monoisotopic (exact) mass is 1330 g/mol. The fraction of sp³-hybridized carbons (Fsp3) is 0.403. The molecule has 0 saturated carbocycles. The van der Waals surface area contributed by atoms with Crippen molar-refractivity contribution in [2.75, 3.05) is 126 Å². The van der Waals surface area contributed by atoms with E-state index in [1.807, 2.05) is 11.0 Å². The van der Waals surface area contributed by atoms with Crippen molar-refractivity contribution in [1.29, 1.82) is 5.26 Å². The van der Waals surface area contributed by atoms with Gasteiger partial charge in [0, 0.05) is 106 Å². The molecule has 30 nitrogen and oxygen atoms in total. The van der Waals surface area contributed by atoms with Crippen LogP contribution in [0.25, 0.3) is 33.5 Å². The normalized spacial score (nSPS) is 14.2. The molecular weight excluding hydrogens is 1260 g/mol. The molecule has 0 bridgehead atoms. The van der Waals surface area contributed by atoms with E-state index in [0.717, 1.165) is 0 Å². The number of rotatable bonds is 30. The summed E-state index contributed by atoms with van der Waals surface area (Å²) in [5, 5.41) is 46.7. The van der Waals surface area contributed by atoms with Gasteiger partial charge in [0.2, 0.25) is 29.6 Å². The molecule has 0 unspecified atom stereocenters. The van der Waals surface area contributed by atoms with Gasteiger partial charge in [-0.15, -0.1) is 5.10 Å². The molecule has 2 fully saturated rings. The second kappa shape index (κ2) is 32.2. The Morgan fingerprint density at radius 3 is 2.22 bits per heavy atom. The number of nitrogens with zero attached hydrogens (tertiary/aromatic N) is 16. The molecular formula is C62H69ClF2N20O10. The number of nitrogens with two attached hydrogens (primary N) is 1. The van der Waals surface area contributed by atoms with Crippen LogP contribution in [0.2, 0.25) is 5.02 Å². The van der Waals surface area contributed by atoms with E-state index in [2.05, 4.69) is 71.0 Å². The minimum Gasteiger partial charge on any atom is -0.492 e. The van der Waals surface area contributed by atoms with Crippen molar-refractivity contribution < 1.29 is 57.1 Å². The molecule has 2 aliphatic rings. The van der Waals surface area contributed by atoms with Crippen molar-refractivity contribution in [3.8, 4) is 23.2 Å². The quantitative estimate of drug-likeness (QED) is 0.0341. The molecule has 0 spiro atoms. The Hall–Kier alpha value is -10.0. The first-order chi connectivity index (χ1) is 46.0. The first-order valence-corrected chi connectivity index (χ1v) is 30.9. The first kappa shape index (κ1) is 67.8. The molecule has 8 heterocycles. The maximum absolute atomic E-state index is 15.7. The van der Waals surface area contributed by atoms with Crippen LogP contribution >= 0.6 is 11.6 Å². The van der Waals surface area contributed by atoms with E-state index in [9.17, 15) is 39.0 Å². The highest BCUT2D eigenvalue weighted by molar-refractivity contribution is 6.35. The number of aliphatic carboxylic acids is 1. The average molecular weight is 1330 g/mol. The van der Waals surface area contributed by atoms with Gasteiger partial charge >= 0.3 is 5.97 Å². The summed E-state index contributed by atoms with van der Waals surface area (Å²) in [6, 6.07) is 11.8. The number of fused-ring (bicyclic) bond motifs is 2. The number of hydrogen-bond acceptors (Lipinski definition) is 25. The molecule has 3 amide bonds. The lowest BCUT2D eigenvalue weighted by molar-refractivity contribution is -0.140. The molecule has 10 rings (SSSR count). The summed E-state index contributed by atoms with van der Waals surface area (Å²) in [5.74, 6) is -3.48. The highest BCUT2D eigenvalue weighted by Crippen LogP contribution is 2.37. The van der Waals surface area contributed by atoms with E-state index in [1.165, 1.54) is 55.0 Å². The molecule has 2 aliphatic heterocycles. The van der Waals surface area contributed by atoms with Gasteiger partial charge in [-0.3, -0.25) is 19.3 Å². The molecule has 0 radical (unpaired) electrons. The lowest BCUT2D eigenvalue weighted by Gasteiger charge is -2.34. The number of benzene rings is 2. The largest absolute Gasteiger partial charge is 0.492 e. The smallest absolute Gasteiger partial charge is 0.326 e. The number of anilines is 4. The number of carbonyl (C=O) groups is 4. The number of aromatic nitrogens is 11. The highest BCUT2D eigenvalue weighted by Gasteiger charge is 2.28. The lowest BCUT2D eigenvalue weighted by atomic mass is 10.0. The van der Waals surface area contributed by atoms with Gasteiger partial charge in [0.25, 0.3) is 5.91 Å². The summed E-state index contributed by atoms with van der Waals surface area (Å²) in [5.41, 5.74) is 9.78. The molecule has 7 N–H and O–H groups in total. The van der Waals surface area contributed by atoms with E-state index in [-0.39, 0.29) is 112 Å². The standard InChI is InChI=1S/C62H69ClF2N20O10/c1-37(45-27-39(29-66)3-8-46(45)64)73-55-52(63)38(2)72-49-28-47(65)53(76-54(49)55)41-30-70-62(71-31-41)84-17-15-83(16-18-84)51(87)36-94-22-20-85-34-44(79-80-85)35-95-26-25-93-24-23-92-21-19-81-11-13-82(14-12-81)50(86)10-9-48(60(90)91)75-58(88)40-4-6-42(7-5-40)68-32-43-33-69-57-56(74-43)59(89)78-61(67)77-57/h3-8,27-28,30-31,33-34,37,48,68H,9-26,32,35-36H2,1-2H3,(H,72,73)(H,75,88)(H,90,91)(H3,67,69,77,78,89)/t37-,48+/m1/s1. The predicted octanol–water partition coefficient (Wildman–Crippen LogP) is 4.32. The fourth-order valence-electron chi connectivity index (χ4n) is 10.4. The molecule has 8 aromatic rings. The highest BCUT2D eigenvalue weighted by atomic mass is 35.5. The number of nitriles is 1. The van der Waals surface area contributed by atoms with Crippen molar-refractivity contribution >= 4 is 80.8 Å². The zero-order valence-corrected chi connectivity index (χ0v) is 52.7. The topological polar surface area (TPSA) is 378 Å². The minimum absolute atomic E-state index is 0.0414. The van der Waals surface area contributed by atoms with Gasteiger partial charge in [-0.25, -0.2) is 48.2 Å². The maximum Gasteiger partial charge on any atom is 0.326 e. The van der Waals surface area contributed by atoms with Crippen molar-refractivity contribution in [2.45, 2.75) is 58.5 Å². The maximum atomic E-state index is 15.7. The summed E-state index contributed by atoms with van der Waals surface area (Å²) in [4.78, 5) is 92.9. The van der Waals surface area contributed by atoms with Gasteiger partial charge < -0.3 is 65.5 Å². The summed E-state index contributed by atoms with van der Waals surface area (Å²) in [7, 11) is 0. The predicted molar refractivity (Wildman–Crippen MR) is 340 cm³/mol. The van der Waals surface area contributed by atoms with Crippen molar-refractivity contribution in [3.05, 3.63) is 124 Å². The Morgan fingerprint density at radius 2 is 1.48 bits per heavy atom. The minimum atomic E-state index is -1.27. The Labute approximate surface area is 547 Å². The Kier molecular flexibility index (Phi) is 23.0. The van der Waals surface area contributed by atoms with Crippen LogP contribution in [0.15, 0.2) is 73.3 Å². The third kappa shape index (κ3) is 18.0. The second-order valence-corrected chi connectivity index (χ2v) is 22.6. The molecule has 2 aromatic carbocycles.